The van der Waals surface area contributed by atoms with E-state index >= 15 is 0 Å². The number of carbonyl (C=O) groups is 1. The van der Waals surface area contributed by atoms with Crippen molar-refractivity contribution in [1.82, 2.24) is 15.0 Å². The fourth-order valence-corrected chi connectivity index (χ4v) is 4.50. The zero-order valence-corrected chi connectivity index (χ0v) is 16.1. The van der Waals surface area contributed by atoms with Crippen molar-refractivity contribution in [3.05, 3.63) is 30.6 Å². The number of benzene rings is 1. The highest BCUT2D eigenvalue weighted by Crippen LogP contribution is 2.28. The number of nitrogens with zero attached hydrogens (tertiary/aromatic N) is 3. The maximum Gasteiger partial charge on any atom is 0.306 e. The Morgan fingerprint density at radius 3 is 2.74 bits per heavy atom. The Morgan fingerprint density at radius 2 is 2.07 bits per heavy atom. The van der Waals surface area contributed by atoms with Crippen LogP contribution in [0.5, 0.6) is 0 Å². The first kappa shape index (κ1) is 19.3. The summed E-state index contributed by atoms with van der Waals surface area (Å²) in [7, 11) is -2.38. The topological polar surface area (TPSA) is 103 Å². The number of esters is 1. The summed E-state index contributed by atoms with van der Waals surface area (Å²) in [6.45, 7) is 0. The molecule has 8 nitrogen and oxygen atoms in total. The smallest absolute Gasteiger partial charge is 0.306 e. The van der Waals surface area contributed by atoms with Crippen LogP contribution in [0.2, 0.25) is 0 Å². The fraction of sp³-hybridized carbons (Fsp3) is 0.500. The molecule has 1 aliphatic carbocycles. The Kier molecular flexibility index (Phi) is 6.10. The van der Waals surface area contributed by atoms with Crippen LogP contribution in [0, 0.1) is 0 Å². The molecule has 1 N–H and O–H groups in total. The second-order valence-corrected chi connectivity index (χ2v) is 8.76. The van der Waals surface area contributed by atoms with Crippen molar-refractivity contribution >= 4 is 21.5 Å². The van der Waals surface area contributed by atoms with E-state index in [1.165, 1.54) is 26.4 Å². The number of hydrogen-bond acceptors (Lipinski definition) is 7. The van der Waals surface area contributed by atoms with Crippen LogP contribution in [-0.2, 0) is 19.4 Å². The van der Waals surface area contributed by atoms with Gasteiger partial charge in [0.05, 0.1) is 47.9 Å². The predicted octanol–water partition coefficient (Wildman–Crippen LogP) is 2.35. The largest absolute Gasteiger partial charge is 0.469 e. The van der Waals surface area contributed by atoms with E-state index in [1.807, 2.05) is 0 Å². The molecule has 0 unspecified atom stereocenters. The average Bonchev–Trinajstić information content (AvgIpc) is 3.22. The fourth-order valence-electron chi connectivity index (χ4n) is 3.26. The van der Waals surface area contributed by atoms with Gasteiger partial charge in [-0.05, 0) is 31.0 Å². The molecule has 0 aliphatic heterocycles. The lowest BCUT2D eigenvalue weighted by molar-refractivity contribution is -0.140. The highest BCUT2D eigenvalue weighted by atomic mass is 32.2. The Morgan fingerprint density at radius 1 is 1.30 bits per heavy atom. The molecular weight excluding hydrogens is 368 g/mol. The molecule has 0 saturated heterocycles. The molecule has 0 amide bonds. The van der Waals surface area contributed by atoms with E-state index in [0.29, 0.717) is 11.7 Å². The first-order valence-corrected chi connectivity index (χ1v) is 10.7. The van der Waals surface area contributed by atoms with E-state index in [0.717, 1.165) is 18.5 Å². The summed E-state index contributed by atoms with van der Waals surface area (Å²) in [5.74, 6) is -0.850. The van der Waals surface area contributed by atoms with Crippen LogP contribution in [0.1, 0.15) is 38.5 Å². The number of aromatic nitrogens is 3. The summed E-state index contributed by atoms with van der Waals surface area (Å²) in [4.78, 5) is 11.4. The number of carbonyl (C=O) groups excluding carboxylic acids is 1. The number of anilines is 1. The van der Waals surface area contributed by atoms with Crippen LogP contribution in [0.4, 0.5) is 5.69 Å². The van der Waals surface area contributed by atoms with Crippen LogP contribution in [0.3, 0.4) is 0 Å². The van der Waals surface area contributed by atoms with Crippen molar-refractivity contribution < 1.29 is 17.9 Å². The molecule has 0 radical (unpaired) electrons. The summed E-state index contributed by atoms with van der Waals surface area (Å²) >= 11 is 0. The van der Waals surface area contributed by atoms with Crippen LogP contribution >= 0.6 is 0 Å². The third-order valence-electron chi connectivity index (χ3n) is 4.77. The lowest BCUT2D eigenvalue weighted by Gasteiger charge is -2.25. The van der Waals surface area contributed by atoms with Gasteiger partial charge in [-0.25, -0.2) is 13.1 Å². The van der Waals surface area contributed by atoms with Crippen molar-refractivity contribution in [2.75, 3.05) is 18.2 Å². The maximum absolute atomic E-state index is 12.6. The molecule has 1 aliphatic rings. The molecule has 146 valence electrons. The van der Waals surface area contributed by atoms with Gasteiger partial charge in [0.1, 0.15) is 0 Å². The van der Waals surface area contributed by atoms with Crippen LogP contribution in [-0.4, -0.2) is 48.3 Å². The summed E-state index contributed by atoms with van der Waals surface area (Å²) < 4.78 is 31.3. The van der Waals surface area contributed by atoms with Crippen LogP contribution in [0.25, 0.3) is 5.69 Å². The molecule has 3 rings (SSSR count). The van der Waals surface area contributed by atoms with E-state index < -0.39 is 15.8 Å². The van der Waals surface area contributed by atoms with Gasteiger partial charge < -0.3 is 10.1 Å². The third-order valence-corrected chi connectivity index (χ3v) is 6.48. The zero-order valence-electron chi connectivity index (χ0n) is 15.3. The van der Waals surface area contributed by atoms with E-state index in [2.05, 4.69) is 20.4 Å². The third kappa shape index (κ3) is 4.85. The minimum absolute atomic E-state index is 0.145. The first-order valence-electron chi connectivity index (χ1n) is 9.06. The van der Waals surface area contributed by atoms with Crippen LogP contribution in [0.15, 0.2) is 35.5 Å². The number of hydrogen-bond donors (Lipinski definition) is 1. The Bertz CT molecular complexity index is 875. The molecular formula is C18H24N4O4S. The monoisotopic (exact) mass is 392 g/mol. The summed E-state index contributed by atoms with van der Waals surface area (Å²) in [6, 6.07) is 5.27. The summed E-state index contributed by atoms with van der Waals surface area (Å²) in [5.41, 5.74) is 1.44. The molecule has 27 heavy (non-hydrogen) atoms. The molecule has 0 atom stereocenters. The van der Waals surface area contributed by atoms with Gasteiger partial charge in [0.15, 0.2) is 9.84 Å². The number of methoxy groups -OCH3 is 1. The predicted molar refractivity (Wildman–Crippen MR) is 101 cm³/mol. The van der Waals surface area contributed by atoms with Gasteiger partial charge in [-0.15, -0.1) is 5.10 Å². The number of sulfone groups is 1. The Balaban J connectivity index is 1.89. The van der Waals surface area contributed by atoms with Crippen molar-refractivity contribution in [3.63, 3.8) is 0 Å². The number of rotatable bonds is 7. The molecule has 1 fully saturated rings. The van der Waals surface area contributed by atoms with Gasteiger partial charge in [-0.1, -0.05) is 24.5 Å². The average molecular weight is 392 g/mol. The highest BCUT2D eigenvalue weighted by Gasteiger charge is 2.21. The van der Waals surface area contributed by atoms with Crippen molar-refractivity contribution in [2.24, 2.45) is 0 Å². The molecule has 2 aromatic rings. The van der Waals surface area contributed by atoms with E-state index in [-0.39, 0.29) is 17.1 Å². The van der Waals surface area contributed by atoms with Crippen molar-refractivity contribution in [1.29, 1.82) is 0 Å². The second-order valence-electron chi connectivity index (χ2n) is 6.65. The van der Waals surface area contributed by atoms with Crippen molar-refractivity contribution in [3.8, 4) is 5.69 Å². The van der Waals surface area contributed by atoms with Gasteiger partial charge in [0, 0.05) is 6.04 Å². The molecule has 1 heterocycles. The Hall–Kier alpha value is -2.42. The SMILES string of the molecule is COC(=O)CCS(=O)(=O)c1ccc(NC2CCCCC2)c(-n2ccnn2)c1. The summed E-state index contributed by atoms with van der Waals surface area (Å²) in [5, 5.41) is 11.4. The minimum atomic E-state index is -3.62. The molecule has 1 aromatic heterocycles. The minimum Gasteiger partial charge on any atom is -0.469 e. The first-order chi connectivity index (χ1) is 13.0. The molecule has 1 saturated carbocycles. The standard InChI is InChI=1S/C18H24N4O4S/c1-26-18(23)9-12-27(24,25)15-7-8-16(20-14-5-3-2-4-6-14)17(13-15)22-11-10-19-21-22/h7-8,10-11,13-14,20H,2-6,9,12H2,1H3. The molecule has 9 heteroatoms. The second kappa shape index (κ2) is 8.51. The van der Waals surface area contributed by atoms with Gasteiger partial charge in [-0.2, -0.15) is 0 Å². The van der Waals surface area contributed by atoms with E-state index in [4.69, 9.17) is 0 Å². The number of nitrogens with one attached hydrogen (secondary N) is 1. The number of ether oxygens (including phenoxy) is 1. The quantitative estimate of drug-likeness (QED) is 0.721. The highest BCUT2D eigenvalue weighted by molar-refractivity contribution is 7.91. The normalized spacial score (nSPS) is 15.4. The van der Waals surface area contributed by atoms with Gasteiger partial charge in [0.2, 0.25) is 0 Å². The summed E-state index contributed by atoms with van der Waals surface area (Å²) in [6.07, 6.45) is 8.86. The molecule has 0 bridgehead atoms. The van der Waals surface area contributed by atoms with Gasteiger partial charge in [0.25, 0.3) is 0 Å². The van der Waals surface area contributed by atoms with Gasteiger partial charge in [-0.3, -0.25) is 4.79 Å². The van der Waals surface area contributed by atoms with Gasteiger partial charge >= 0.3 is 5.97 Å². The molecule has 0 spiro atoms. The zero-order chi connectivity index (χ0) is 19.3. The lowest BCUT2D eigenvalue weighted by Crippen LogP contribution is -2.23. The van der Waals surface area contributed by atoms with E-state index in [1.54, 1.807) is 35.3 Å². The molecule has 1 aromatic carbocycles. The lowest BCUT2D eigenvalue weighted by atomic mass is 9.95. The van der Waals surface area contributed by atoms with Crippen molar-refractivity contribution in [2.45, 2.75) is 49.5 Å². The maximum atomic E-state index is 12.6. The Labute approximate surface area is 158 Å². The van der Waals surface area contributed by atoms with E-state index in [9.17, 15) is 13.2 Å². The van der Waals surface area contributed by atoms with Crippen LogP contribution < -0.4 is 5.32 Å².